The molecule has 2 N–H and O–H groups in total. The van der Waals surface area contributed by atoms with Gasteiger partial charge in [0.2, 0.25) is 0 Å². The van der Waals surface area contributed by atoms with Crippen molar-refractivity contribution in [1.29, 1.82) is 0 Å². The summed E-state index contributed by atoms with van der Waals surface area (Å²) in [7, 11) is 0. The second-order valence-electron chi connectivity index (χ2n) is 4.43. The highest BCUT2D eigenvalue weighted by atomic mass is 16.4. The molecule has 0 saturated heterocycles. The smallest absolute Gasteiger partial charge is 0.303 e. The van der Waals surface area contributed by atoms with Crippen LogP contribution in [0, 0.1) is 13.8 Å². The topological polar surface area (TPSA) is 66.0 Å². The number of H-pyrrole nitrogens is 1. The van der Waals surface area contributed by atoms with Gasteiger partial charge >= 0.3 is 5.97 Å². The number of carboxylic acid groups (broad SMARTS) is 1. The van der Waals surface area contributed by atoms with Gasteiger partial charge < -0.3 is 5.11 Å². The number of hydrogen-bond donors (Lipinski definition) is 2. The summed E-state index contributed by atoms with van der Waals surface area (Å²) >= 11 is 0. The van der Waals surface area contributed by atoms with Gasteiger partial charge in [-0.1, -0.05) is 29.8 Å². The van der Waals surface area contributed by atoms with E-state index in [4.69, 9.17) is 5.11 Å². The Balaban J connectivity index is 2.37. The molecule has 4 heteroatoms. The van der Waals surface area contributed by atoms with E-state index in [9.17, 15) is 4.79 Å². The van der Waals surface area contributed by atoms with Crippen molar-refractivity contribution in [2.75, 3.05) is 0 Å². The number of aromatic amines is 1. The van der Waals surface area contributed by atoms with Gasteiger partial charge in [0.1, 0.15) is 0 Å². The molecule has 0 aliphatic heterocycles. The summed E-state index contributed by atoms with van der Waals surface area (Å²) in [6.07, 6.45) is 0.548. The summed E-state index contributed by atoms with van der Waals surface area (Å²) in [4.78, 5) is 10.6. The molecule has 0 fully saturated rings. The Bertz CT molecular complexity index is 573. The number of aliphatic carboxylic acids is 1. The molecule has 0 aliphatic rings. The molecule has 0 saturated carbocycles. The number of aryl methyl sites for hydroxylation is 3. The molecule has 4 nitrogen and oxygen atoms in total. The lowest BCUT2D eigenvalue weighted by Gasteiger charge is -2.04. The Hall–Kier alpha value is -2.10. The Kier molecular flexibility index (Phi) is 3.46. The van der Waals surface area contributed by atoms with Gasteiger partial charge in [-0.3, -0.25) is 9.89 Å². The minimum Gasteiger partial charge on any atom is -0.481 e. The maximum absolute atomic E-state index is 10.6. The highest BCUT2D eigenvalue weighted by Gasteiger charge is 2.13. The summed E-state index contributed by atoms with van der Waals surface area (Å²) in [5.74, 6) is -0.800. The van der Waals surface area contributed by atoms with E-state index in [0.29, 0.717) is 6.42 Å². The molecule has 94 valence electrons. The zero-order chi connectivity index (χ0) is 13.1. The van der Waals surface area contributed by atoms with Gasteiger partial charge in [-0.15, -0.1) is 0 Å². The van der Waals surface area contributed by atoms with Gasteiger partial charge in [-0.25, -0.2) is 0 Å². The number of nitrogens with one attached hydrogen (secondary N) is 1. The Labute approximate surface area is 106 Å². The SMILES string of the molecule is Cc1cccc(-c2c(CCC(=O)O)n[nH]c2C)c1. The molecule has 0 radical (unpaired) electrons. The van der Waals surface area contributed by atoms with Crippen LogP contribution in [0.15, 0.2) is 24.3 Å². The molecule has 2 aromatic rings. The summed E-state index contributed by atoms with van der Waals surface area (Å²) in [5.41, 5.74) is 5.08. The average Bonchev–Trinajstić information content (AvgIpc) is 2.68. The van der Waals surface area contributed by atoms with Crippen LogP contribution in [0.25, 0.3) is 11.1 Å². The van der Waals surface area contributed by atoms with Crippen LogP contribution in [0.3, 0.4) is 0 Å². The zero-order valence-corrected chi connectivity index (χ0v) is 10.5. The molecular formula is C14H16N2O2. The van der Waals surface area contributed by atoms with Crippen molar-refractivity contribution in [2.24, 2.45) is 0 Å². The highest BCUT2D eigenvalue weighted by molar-refractivity contribution is 5.71. The van der Waals surface area contributed by atoms with Gasteiger partial charge in [0, 0.05) is 17.7 Å². The van der Waals surface area contributed by atoms with Crippen LogP contribution in [0.2, 0.25) is 0 Å². The van der Waals surface area contributed by atoms with E-state index in [-0.39, 0.29) is 6.42 Å². The quantitative estimate of drug-likeness (QED) is 0.869. The van der Waals surface area contributed by atoms with Crippen LogP contribution in [0.5, 0.6) is 0 Å². The van der Waals surface area contributed by atoms with Crippen molar-refractivity contribution in [1.82, 2.24) is 10.2 Å². The molecular weight excluding hydrogens is 228 g/mol. The van der Waals surface area contributed by atoms with Gasteiger partial charge in [-0.05, 0) is 19.4 Å². The third-order valence-electron chi connectivity index (χ3n) is 2.90. The van der Waals surface area contributed by atoms with Gasteiger partial charge in [0.15, 0.2) is 0 Å². The first-order valence-corrected chi connectivity index (χ1v) is 5.90. The van der Waals surface area contributed by atoms with Gasteiger partial charge in [0.25, 0.3) is 0 Å². The van der Waals surface area contributed by atoms with Crippen molar-refractivity contribution < 1.29 is 9.90 Å². The van der Waals surface area contributed by atoms with Crippen LogP contribution in [0.1, 0.15) is 23.4 Å². The first kappa shape index (κ1) is 12.4. The van der Waals surface area contributed by atoms with Crippen molar-refractivity contribution in [3.05, 3.63) is 41.2 Å². The Morgan fingerprint density at radius 2 is 2.17 bits per heavy atom. The van der Waals surface area contributed by atoms with E-state index in [1.165, 1.54) is 5.56 Å². The number of hydrogen-bond acceptors (Lipinski definition) is 2. The lowest BCUT2D eigenvalue weighted by molar-refractivity contribution is -0.136. The first-order valence-electron chi connectivity index (χ1n) is 5.90. The van der Waals surface area contributed by atoms with Crippen molar-refractivity contribution >= 4 is 5.97 Å². The molecule has 0 aliphatic carbocycles. The van der Waals surface area contributed by atoms with Crippen molar-refractivity contribution in [2.45, 2.75) is 26.7 Å². The minimum absolute atomic E-state index is 0.100. The van der Waals surface area contributed by atoms with Crippen molar-refractivity contribution in [3.8, 4) is 11.1 Å². The maximum Gasteiger partial charge on any atom is 0.303 e. The lowest BCUT2D eigenvalue weighted by Crippen LogP contribution is -1.99. The van der Waals surface area contributed by atoms with E-state index in [0.717, 1.165) is 22.5 Å². The number of nitrogens with zero attached hydrogens (tertiary/aromatic N) is 1. The van der Waals surface area contributed by atoms with Crippen LogP contribution >= 0.6 is 0 Å². The van der Waals surface area contributed by atoms with Crippen LogP contribution in [-0.2, 0) is 11.2 Å². The third-order valence-corrected chi connectivity index (χ3v) is 2.90. The molecule has 0 amide bonds. The first-order chi connectivity index (χ1) is 8.58. The number of carbonyl (C=O) groups is 1. The van der Waals surface area contributed by atoms with E-state index < -0.39 is 5.97 Å². The third kappa shape index (κ3) is 2.59. The predicted molar refractivity (Wildman–Crippen MR) is 69.5 cm³/mol. The largest absolute Gasteiger partial charge is 0.481 e. The van der Waals surface area contributed by atoms with Gasteiger partial charge in [-0.2, -0.15) is 5.10 Å². The van der Waals surface area contributed by atoms with E-state index in [1.54, 1.807) is 0 Å². The molecule has 2 rings (SSSR count). The highest BCUT2D eigenvalue weighted by Crippen LogP contribution is 2.27. The summed E-state index contributed by atoms with van der Waals surface area (Å²) in [5, 5.41) is 15.9. The fourth-order valence-electron chi connectivity index (χ4n) is 2.07. The molecule has 0 bridgehead atoms. The van der Waals surface area contributed by atoms with E-state index in [1.807, 2.05) is 32.0 Å². The second kappa shape index (κ2) is 5.04. The Morgan fingerprint density at radius 1 is 1.39 bits per heavy atom. The fraction of sp³-hybridized carbons (Fsp3) is 0.286. The Morgan fingerprint density at radius 3 is 2.83 bits per heavy atom. The molecule has 1 aromatic carbocycles. The van der Waals surface area contributed by atoms with Crippen LogP contribution in [-0.4, -0.2) is 21.3 Å². The monoisotopic (exact) mass is 244 g/mol. The number of rotatable bonds is 4. The van der Waals surface area contributed by atoms with E-state index in [2.05, 4.69) is 16.3 Å². The predicted octanol–water partition coefficient (Wildman–Crippen LogP) is 2.71. The zero-order valence-electron chi connectivity index (χ0n) is 10.5. The minimum atomic E-state index is -0.800. The maximum atomic E-state index is 10.6. The van der Waals surface area contributed by atoms with E-state index >= 15 is 0 Å². The average molecular weight is 244 g/mol. The molecule has 1 aromatic heterocycles. The molecule has 1 heterocycles. The number of benzene rings is 1. The fourth-order valence-corrected chi connectivity index (χ4v) is 2.07. The summed E-state index contributed by atoms with van der Waals surface area (Å²) in [6.45, 7) is 3.99. The normalized spacial score (nSPS) is 10.6. The second-order valence-corrected chi connectivity index (χ2v) is 4.43. The molecule has 0 unspecified atom stereocenters. The molecule has 18 heavy (non-hydrogen) atoms. The number of aromatic nitrogens is 2. The number of carboxylic acids is 1. The van der Waals surface area contributed by atoms with Crippen LogP contribution < -0.4 is 0 Å². The molecule has 0 spiro atoms. The van der Waals surface area contributed by atoms with Crippen molar-refractivity contribution in [3.63, 3.8) is 0 Å². The lowest BCUT2D eigenvalue weighted by atomic mass is 9.99. The molecule has 0 atom stereocenters. The summed E-state index contributed by atoms with van der Waals surface area (Å²) < 4.78 is 0. The standard InChI is InChI=1S/C14H16N2O2/c1-9-4-3-5-11(8-9)14-10(2)15-16-12(14)6-7-13(17)18/h3-5,8H,6-7H2,1-2H3,(H,15,16)(H,17,18). The summed E-state index contributed by atoms with van der Waals surface area (Å²) in [6, 6.07) is 8.14. The van der Waals surface area contributed by atoms with Gasteiger partial charge in [0.05, 0.1) is 12.1 Å². The van der Waals surface area contributed by atoms with Crippen LogP contribution in [0.4, 0.5) is 0 Å².